The summed E-state index contributed by atoms with van der Waals surface area (Å²) in [5, 5.41) is 6.18. The predicted octanol–water partition coefficient (Wildman–Crippen LogP) is 5.63. The van der Waals surface area contributed by atoms with Gasteiger partial charge in [0.2, 0.25) is 10.0 Å². The molecule has 0 aromatic heterocycles. The van der Waals surface area contributed by atoms with Crippen LogP contribution in [0.4, 0.5) is 0 Å². The Balaban J connectivity index is 2.14. The Morgan fingerprint density at radius 3 is 1.68 bits per heavy atom. The summed E-state index contributed by atoms with van der Waals surface area (Å²) in [5.41, 5.74) is 3.44. The molecule has 0 spiro atoms. The van der Waals surface area contributed by atoms with Gasteiger partial charge in [-0.1, -0.05) is 71.2 Å². The second-order valence-corrected chi connectivity index (χ2v) is 8.12. The molecule has 0 unspecified atom stereocenters. The monoisotopic (exact) mass is 411 g/mol. The van der Waals surface area contributed by atoms with E-state index in [4.69, 9.17) is 39.9 Å². The third kappa shape index (κ3) is 3.84. The average Bonchev–Trinajstić information content (AvgIpc) is 2.58. The van der Waals surface area contributed by atoms with E-state index in [0.717, 1.165) is 22.3 Å². The molecule has 3 aromatic rings. The summed E-state index contributed by atoms with van der Waals surface area (Å²) in [6, 6.07) is 17.5. The fourth-order valence-corrected chi connectivity index (χ4v) is 3.63. The molecule has 0 heterocycles. The molecule has 3 rings (SSSR count). The molecule has 0 fully saturated rings. The predicted molar refractivity (Wildman–Crippen MR) is 104 cm³/mol. The quantitative estimate of drug-likeness (QED) is 0.567. The van der Waals surface area contributed by atoms with Gasteiger partial charge in [0.05, 0.1) is 20.0 Å². The fraction of sp³-hybridized carbons (Fsp3) is 0. The lowest BCUT2D eigenvalue weighted by molar-refractivity contribution is 0.598. The number of nitrogens with two attached hydrogens (primary N) is 1. The van der Waals surface area contributed by atoms with Gasteiger partial charge in [-0.2, -0.15) is 0 Å². The van der Waals surface area contributed by atoms with Crippen molar-refractivity contribution in [3.63, 3.8) is 0 Å². The molecule has 0 bridgehead atoms. The van der Waals surface area contributed by atoms with Crippen LogP contribution in [0.25, 0.3) is 22.3 Å². The van der Waals surface area contributed by atoms with E-state index in [1.54, 1.807) is 24.3 Å². The Labute approximate surface area is 161 Å². The highest BCUT2D eigenvalue weighted by molar-refractivity contribution is 7.89. The zero-order valence-electron chi connectivity index (χ0n) is 12.7. The molecular weight excluding hydrogens is 401 g/mol. The van der Waals surface area contributed by atoms with Crippen molar-refractivity contribution in [1.29, 1.82) is 0 Å². The minimum Gasteiger partial charge on any atom is -0.225 e. The van der Waals surface area contributed by atoms with E-state index in [-0.39, 0.29) is 4.90 Å². The van der Waals surface area contributed by atoms with Gasteiger partial charge in [0.25, 0.3) is 0 Å². The van der Waals surface area contributed by atoms with Gasteiger partial charge < -0.3 is 0 Å². The third-order valence-electron chi connectivity index (χ3n) is 3.72. The summed E-state index contributed by atoms with van der Waals surface area (Å²) in [5.74, 6) is 0. The molecule has 25 heavy (non-hydrogen) atoms. The number of hydrogen-bond acceptors (Lipinski definition) is 2. The van der Waals surface area contributed by atoms with Crippen molar-refractivity contribution in [2.45, 2.75) is 4.90 Å². The minimum absolute atomic E-state index is 0.0614. The maximum atomic E-state index is 11.4. The van der Waals surface area contributed by atoms with Crippen LogP contribution >= 0.6 is 34.8 Å². The van der Waals surface area contributed by atoms with Gasteiger partial charge in [-0.05, 0) is 46.5 Å². The van der Waals surface area contributed by atoms with E-state index in [9.17, 15) is 8.42 Å². The second kappa shape index (κ2) is 6.98. The van der Waals surface area contributed by atoms with Crippen molar-refractivity contribution in [3.8, 4) is 22.3 Å². The van der Waals surface area contributed by atoms with Crippen LogP contribution in [0.15, 0.2) is 65.6 Å². The lowest BCUT2D eigenvalue weighted by Crippen LogP contribution is -2.11. The minimum atomic E-state index is -3.73. The summed E-state index contributed by atoms with van der Waals surface area (Å²) >= 11 is 18.3. The molecule has 0 saturated carbocycles. The van der Waals surface area contributed by atoms with Gasteiger partial charge >= 0.3 is 0 Å². The van der Waals surface area contributed by atoms with Gasteiger partial charge in [0.1, 0.15) is 0 Å². The first-order chi connectivity index (χ1) is 11.8. The van der Waals surface area contributed by atoms with Crippen molar-refractivity contribution in [2.75, 3.05) is 0 Å². The van der Waals surface area contributed by atoms with E-state index in [1.807, 2.05) is 24.3 Å². The van der Waals surface area contributed by atoms with Gasteiger partial charge in [-0.25, -0.2) is 13.6 Å². The van der Waals surface area contributed by atoms with E-state index < -0.39 is 10.0 Å². The largest absolute Gasteiger partial charge is 0.238 e. The van der Waals surface area contributed by atoms with Crippen LogP contribution in [0.1, 0.15) is 0 Å². The highest BCUT2D eigenvalue weighted by Gasteiger charge is 2.13. The number of primary sulfonamides is 1. The Kier molecular flexibility index (Phi) is 5.09. The van der Waals surface area contributed by atoms with Crippen LogP contribution in [-0.4, -0.2) is 8.42 Å². The SMILES string of the molecule is NS(=O)(=O)c1ccc(-c2ccccc2-c2cc(Cl)c(Cl)c(Cl)c2)cc1. The molecule has 0 aliphatic carbocycles. The first-order valence-corrected chi connectivity index (χ1v) is 9.82. The molecule has 0 radical (unpaired) electrons. The Hall–Kier alpha value is -1.56. The van der Waals surface area contributed by atoms with Crippen LogP contribution < -0.4 is 5.14 Å². The number of halogens is 3. The molecule has 128 valence electrons. The zero-order chi connectivity index (χ0) is 18.2. The Morgan fingerprint density at radius 1 is 0.720 bits per heavy atom. The van der Waals surface area contributed by atoms with Crippen LogP contribution in [0, 0.1) is 0 Å². The molecule has 3 nitrogen and oxygen atoms in total. The fourth-order valence-electron chi connectivity index (χ4n) is 2.52. The van der Waals surface area contributed by atoms with Gasteiger partial charge in [-0.15, -0.1) is 0 Å². The van der Waals surface area contributed by atoms with E-state index in [0.29, 0.717) is 15.1 Å². The van der Waals surface area contributed by atoms with Crippen LogP contribution in [0.3, 0.4) is 0 Å². The van der Waals surface area contributed by atoms with Crippen molar-refractivity contribution in [3.05, 3.63) is 75.7 Å². The zero-order valence-corrected chi connectivity index (χ0v) is 15.8. The average molecular weight is 413 g/mol. The Bertz CT molecular complexity index is 1030. The molecule has 0 saturated heterocycles. The van der Waals surface area contributed by atoms with Crippen LogP contribution in [-0.2, 0) is 10.0 Å². The molecule has 0 aliphatic rings. The molecule has 0 amide bonds. The van der Waals surface area contributed by atoms with Crippen molar-refractivity contribution < 1.29 is 8.42 Å². The lowest BCUT2D eigenvalue weighted by atomic mass is 9.95. The third-order valence-corrected chi connectivity index (χ3v) is 5.84. The summed E-state index contributed by atoms with van der Waals surface area (Å²) in [6.07, 6.45) is 0. The molecule has 0 aliphatic heterocycles. The maximum absolute atomic E-state index is 11.4. The summed E-state index contributed by atoms with van der Waals surface area (Å²) in [4.78, 5) is 0.0614. The first-order valence-electron chi connectivity index (χ1n) is 7.14. The van der Waals surface area contributed by atoms with Crippen molar-refractivity contribution in [1.82, 2.24) is 0 Å². The highest BCUT2D eigenvalue weighted by Crippen LogP contribution is 2.38. The standard InChI is InChI=1S/C18H12Cl3NO2S/c19-16-9-12(10-17(20)18(16)21)15-4-2-1-3-14(15)11-5-7-13(8-6-11)25(22,23)24/h1-10H,(H2,22,23,24). The topological polar surface area (TPSA) is 60.2 Å². The molecule has 2 N–H and O–H groups in total. The highest BCUT2D eigenvalue weighted by atomic mass is 35.5. The normalized spacial score (nSPS) is 11.5. The second-order valence-electron chi connectivity index (χ2n) is 5.37. The van der Waals surface area contributed by atoms with E-state index in [1.165, 1.54) is 12.1 Å². The van der Waals surface area contributed by atoms with Gasteiger partial charge in [0, 0.05) is 0 Å². The summed E-state index contributed by atoms with van der Waals surface area (Å²) in [7, 11) is -3.73. The summed E-state index contributed by atoms with van der Waals surface area (Å²) in [6.45, 7) is 0. The molecule has 7 heteroatoms. The smallest absolute Gasteiger partial charge is 0.225 e. The molecule has 0 atom stereocenters. The van der Waals surface area contributed by atoms with Crippen LogP contribution in [0.5, 0.6) is 0 Å². The van der Waals surface area contributed by atoms with Crippen LogP contribution in [0.2, 0.25) is 15.1 Å². The number of sulfonamides is 1. The Morgan fingerprint density at radius 2 is 1.20 bits per heavy atom. The van der Waals surface area contributed by atoms with Gasteiger partial charge in [-0.3, -0.25) is 0 Å². The number of rotatable bonds is 3. The maximum Gasteiger partial charge on any atom is 0.238 e. The van der Waals surface area contributed by atoms with Crippen molar-refractivity contribution >= 4 is 44.8 Å². The summed E-state index contributed by atoms with van der Waals surface area (Å²) < 4.78 is 22.8. The number of benzene rings is 3. The first kappa shape index (κ1) is 18.2. The number of hydrogen-bond donors (Lipinski definition) is 1. The van der Waals surface area contributed by atoms with E-state index in [2.05, 4.69) is 0 Å². The molecular formula is C18H12Cl3NO2S. The van der Waals surface area contributed by atoms with E-state index >= 15 is 0 Å². The molecule has 3 aromatic carbocycles. The van der Waals surface area contributed by atoms with Crippen molar-refractivity contribution in [2.24, 2.45) is 5.14 Å². The lowest BCUT2D eigenvalue weighted by Gasteiger charge is -2.12. The van der Waals surface area contributed by atoms with Gasteiger partial charge in [0.15, 0.2) is 0 Å².